The Bertz CT molecular complexity index is 466. The lowest BCUT2D eigenvalue weighted by molar-refractivity contribution is -0.141. The lowest BCUT2D eigenvalue weighted by Gasteiger charge is -2.16. The van der Waals surface area contributed by atoms with Gasteiger partial charge in [-0.2, -0.15) is 0 Å². The third-order valence-corrected chi connectivity index (χ3v) is 3.63. The number of nitrogens with two attached hydrogens (primary N) is 1. The zero-order chi connectivity index (χ0) is 16.0. The largest absolute Gasteiger partial charge is 0.508 e. The van der Waals surface area contributed by atoms with E-state index in [2.05, 4.69) is 0 Å². The highest BCUT2D eigenvalue weighted by Crippen LogP contribution is 2.33. The monoisotopic (exact) mass is 297 g/mol. The molecule has 0 spiro atoms. The molecule has 1 rings (SSSR count). The molecule has 21 heavy (non-hydrogen) atoms. The molecule has 6 heteroatoms. The van der Waals surface area contributed by atoms with E-state index >= 15 is 0 Å². The van der Waals surface area contributed by atoms with Gasteiger partial charge in [-0.3, -0.25) is 4.79 Å². The Hall–Kier alpha value is -1.95. The molecule has 0 saturated heterocycles. The van der Waals surface area contributed by atoms with Crippen LogP contribution in [-0.2, 0) is 11.2 Å². The standard InChI is InChI=1S/C15H23NO5/c1-9(5-10(8-16)15(20)21)3-2-4-12-13(18)6-11(17)7-14(12)19/h6-7,9-10,17-19H,2-5,8,16H2,1H3,(H,20,21). The Morgan fingerprint density at radius 3 is 2.29 bits per heavy atom. The molecule has 0 aliphatic rings. The third-order valence-electron chi connectivity index (χ3n) is 3.63. The van der Waals surface area contributed by atoms with Gasteiger partial charge in [-0.1, -0.05) is 13.3 Å². The SMILES string of the molecule is CC(CCCc1c(O)cc(O)cc1O)CC(CN)C(=O)O. The van der Waals surface area contributed by atoms with Crippen LogP contribution < -0.4 is 5.73 Å². The van der Waals surface area contributed by atoms with E-state index in [1.54, 1.807) is 0 Å². The van der Waals surface area contributed by atoms with E-state index < -0.39 is 11.9 Å². The zero-order valence-electron chi connectivity index (χ0n) is 12.1. The van der Waals surface area contributed by atoms with Gasteiger partial charge in [-0.15, -0.1) is 0 Å². The maximum Gasteiger partial charge on any atom is 0.307 e. The highest BCUT2D eigenvalue weighted by Gasteiger charge is 2.19. The van der Waals surface area contributed by atoms with Gasteiger partial charge >= 0.3 is 5.97 Å². The first-order valence-electron chi connectivity index (χ1n) is 7.01. The number of carbonyl (C=O) groups is 1. The first-order valence-corrected chi connectivity index (χ1v) is 7.01. The first-order chi connectivity index (χ1) is 9.85. The Morgan fingerprint density at radius 2 is 1.81 bits per heavy atom. The molecule has 1 aromatic carbocycles. The van der Waals surface area contributed by atoms with Crippen molar-refractivity contribution in [1.29, 1.82) is 0 Å². The first kappa shape index (κ1) is 17.1. The lowest BCUT2D eigenvalue weighted by atomic mass is 9.91. The van der Waals surface area contributed by atoms with Crippen LogP contribution in [0.25, 0.3) is 0 Å². The summed E-state index contributed by atoms with van der Waals surface area (Å²) in [4.78, 5) is 10.9. The normalized spacial score (nSPS) is 13.8. The van der Waals surface area contributed by atoms with Gasteiger partial charge in [-0.25, -0.2) is 0 Å². The average Bonchev–Trinajstić information content (AvgIpc) is 2.38. The lowest BCUT2D eigenvalue weighted by Crippen LogP contribution is -2.25. The molecule has 0 radical (unpaired) electrons. The maximum absolute atomic E-state index is 10.9. The van der Waals surface area contributed by atoms with E-state index in [9.17, 15) is 20.1 Å². The van der Waals surface area contributed by atoms with Gasteiger partial charge in [0.25, 0.3) is 0 Å². The van der Waals surface area contributed by atoms with Crippen LogP contribution in [0.4, 0.5) is 0 Å². The summed E-state index contributed by atoms with van der Waals surface area (Å²) in [5.74, 6) is -1.67. The van der Waals surface area contributed by atoms with Crippen LogP contribution >= 0.6 is 0 Å². The minimum Gasteiger partial charge on any atom is -0.508 e. The topological polar surface area (TPSA) is 124 Å². The molecule has 1 aromatic rings. The van der Waals surface area contributed by atoms with Gasteiger partial charge < -0.3 is 26.2 Å². The van der Waals surface area contributed by atoms with Gasteiger partial charge in [0.05, 0.1) is 5.92 Å². The van der Waals surface area contributed by atoms with E-state index in [4.69, 9.17) is 10.8 Å². The highest BCUT2D eigenvalue weighted by molar-refractivity contribution is 5.70. The summed E-state index contributed by atoms with van der Waals surface area (Å²) in [6, 6.07) is 2.38. The average molecular weight is 297 g/mol. The van der Waals surface area contributed by atoms with Gasteiger partial charge in [-0.05, 0) is 25.2 Å². The summed E-state index contributed by atoms with van der Waals surface area (Å²) in [6.07, 6.45) is 2.44. The van der Waals surface area contributed by atoms with Crippen molar-refractivity contribution in [2.45, 2.75) is 32.6 Å². The Kier molecular flexibility index (Phi) is 6.30. The zero-order valence-corrected chi connectivity index (χ0v) is 12.1. The number of carboxylic acids is 1. The number of rotatable bonds is 8. The van der Waals surface area contributed by atoms with Crippen LogP contribution in [0.15, 0.2) is 12.1 Å². The van der Waals surface area contributed by atoms with E-state index in [0.29, 0.717) is 24.8 Å². The molecular formula is C15H23NO5. The quantitative estimate of drug-likeness (QED) is 0.498. The smallest absolute Gasteiger partial charge is 0.307 e. The van der Waals surface area contributed by atoms with Crippen LogP contribution in [0.3, 0.4) is 0 Å². The fraction of sp³-hybridized carbons (Fsp3) is 0.533. The van der Waals surface area contributed by atoms with E-state index in [0.717, 1.165) is 6.42 Å². The van der Waals surface area contributed by atoms with Gasteiger partial charge in [0.15, 0.2) is 0 Å². The molecule has 0 aliphatic heterocycles. The number of hydrogen-bond acceptors (Lipinski definition) is 5. The molecule has 0 bridgehead atoms. The summed E-state index contributed by atoms with van der Waals surface area (Å²) in [7, 11) is 0. The number of benzene rings is 1. The van der Waals surface area contributed by atoms with Crippen LogP contribution in [0, 0.1) is 11.8 Å². The number of aliphatic carboxylic acids is 1. The van der Waals surface area contributed by atoms with Crippen molar-refractivity contribution < 1.29 is 25.2 Å². The maximum atomic E-state index is 10.9. The molecule has 2 atom stereocenters. The summed E-state index contributed by atoms with van der Waals surface area (Å²) in [6.45, 7) is 2.08. The van der Waals surface area contributed by atoms with Crippen LogP contribution in [0.5, 0.6) is 17.2 Å². The number of hydrogen-bond donors (Lipinski definition) is 5. The second-order valence-corrected chi connectivity index (χ2v) is 5.47. The molecule has 0 aliphatic carbocycles. The van der Waals surface area contributed by atoms with Crippen molar-refractivity contribution in [3.63, 3.8) is 0 Å². The van der Waals surface area contributed by atoms with Crippen molar-refractivity contribution >= 4 is 5.97 Å². The summed E-state index contributed by atoms with van der Waals surface area (Å²) < 4.78 is 0. The number of phenolic OH excluding ortho intramolecular Hbond substituents is 3. The fourth-order valence-electron chi connectivity index (χ4n) is 2.41. The molecule has 0 heterocycles. The minimum absolute atomic E-state index is 0.124. The second kappa shape index (κ2) is 7.73. The minimum atomic E-state index is -0.877. The third kappa shape index (κ3) is 5.15. The number of phenols is 3. The molecule has 6 nitrogen and oxygen atoms in total. The number of aromatic hydroxyl groups is 3. The summed E-state index contributed by atoms with van der Waals surface area (Å²) in [5, 5.41) is 37.5. The molecule has 2 unspecified atom stereocenters. The van der Waals surface area contributed by atoms with Crippen molar-refractivity contribution in [3.05, 3.63) is 17.7 Å². The summed E-state index contributed by atoms with van der Waals surface area (Å²) in [5.41, 5.74) is 5.82. The van der Waals surface area contributed by atoms with Crippen molar-refractivity contribution in [2.75, 3.05) is 6.54 Å². The Morgan fingerprint density at radius 1 is 1.24 bits per heavy atom. The van der Waals surface area contributed by atoms with Crippen molar-refractivity contribution in [1.82, 2.24) is 0 Å². The van der Waals surface area contributed by atoms with Crippen LogP contribution in [0.2, 0.25) is 0 Å². The Balaban J connectivity index is 2.48. The van der Waals surface area contributed by atoms with Gasteiger partial charge in [0, 0.05) is 24.2 Å². The second-order valence-electron chi connectivity index (χ2n) is 5.47. The molecule has 0 amide bonds. The molecule has 0 saturated carbocycles. The fourth-order valence-corrected chi connectivity index (χ4v) is 2.41. The highest BCUT2D eigenvalue weighted by atomic mass is 16.4. The van der Waals surface area contributed by atoms with Gasteiger partial charge in [0.2, 0.25) is 0 Å². The molecule has 0 fully saturated rings. The predicted octanol–water partition coefficient (Wildman–Crippen LogP) is 1.81. The number of carboxylic acid groups (broad SMARTS) is 1. The predicted molar refractivity (Wildman–Crippen MR) is 78.3 cm³/mol. The molecular weight excluding hydrogens is 274 g/mol. The summed E-state index contributed by atoms with van der Waals surface area (Å²) >= 11 is 0. The Labute approximate surface area is 123 Å². The van der Waals surface area contributed by atoms with Crippen molar-refractivity contribution in [3.8, 4) is 17.2 Å². The molecule has 6 N–H and O–H groups in total. The van der Waals surface area contributed by atoms with Crippen molar-refractivity contribution in [2.24, 2.45) is 17.6 Å². The molecule has 118 valence electrons. The van der Waals surface area contributed by atoms with Crippen LogP contribution in [-0.4, -0.2) is 32.9 Å². The van der Waals surface area contributed by atoms with E-state index in [1.165, 1.54) is 12.1 Å². The van der Waals surface area contributed by atoms with E-state index in [1.807, 2.05) is 6.92 Å². The molecule has 0 aromatic heterocycles. The van der Waals surface area contributed by atoms with E-state index in [-0.39, 0.29) is 29.7 Å². The van der Waals surface area contributed by atoms with Crippen LogP contribution in [0.1, 0.15) is 31.7 Å². The van der Waals surface area contributed by atoms with Gasteiger partial charge in [0.1, 0.15) is 17.2 Å².